The third kappa shape index (κ3) is 3.70. The maximum absolute atomic E-state index is 11.7. The Bertz CT molecular complexity index is 956. The van der Waals surface area contributed by atoms with Gasteiger partial charge in [-0.3, -0.25) is 14.9 Å². The zero-order chi connectivity index (χ0) is 18.5. The number of hydrogen-bond donors (Lipinski definition) is 2. The van der Waals surface area contributed by atoms with Crippen molar-refractivity contribution < 1.29 is 9.72 Å². The van der Waals surface area contributed by atoms with Gasteiger partial charge in [0.1, 0.15) is 5.69 Å². The van der Waals surface area contributed by atoms with E-state index in [0.29, 0.717) is 17.8 Å². The van der Waals surface area contributed by atoms with E-state index in [1.54, 1.807) is 30.3 Å². The summed E-state index contributed by atoms with van der Waals surface area (Å²) in [6.45, 7) is 0.379. The van der Waals surface area contributed by atoms with Gasteiger partial charge in [0.05, 0.1) is 4.92 Å². The van der Waals surface area contributed by atoms with Crippen LogP contribution in [-0.4, -0.2) is 10.8 Å². The number of rotatable bonds is 6. The lowest BCUT2D eigenvalue weighted by molar-refractivity contribution is -0.384. The summed E-state index contributed by atoms with van der Waals surface area (Å²) in [4.78, 5) is 22.4. The van der Waals surface area contributed by atoms with Crippen molar-refractivity contribution in [3.63, 3.8) is 0 Å². The highest BCUT2D eigenvalue weighted by Crippen LogP contribution is 2.27. The summed E-state index contributed by atoms with van der Waals surface area (Å²) in [7, 11) is 0. The first-order valence-electron chi connectivity index (χ1n) is 8.01. The fourth-order valence-electron chi connectivity index (χ4n) is 2.75. The number of carbonyl (C=O) groups is 1. The van der Waals surface area contributed by atoms with Gasteiger partial charge in [0, 0.05) is 18.2 Å². The molecule has 6 heteroatoms. The molecule has 0 aliphatic rings. The molecule has 6 nitrogen and oxygen atoms in total. The number of nitro benzene ring substituents is 1. The third-order valence-corrected chi connectivity index (χ3v) is 4.02. The van der Waals surface area contributed by atoms with Crippen molar-refractivity contribution in [2.45, 2.75) is 6.54 Å². The van der Waals surface area contributed by atoms with Crippen LogP contribution in [0.5, 0.6) is 0 Å². The number of anilines is 1. The number of nitrogens with zero attached hydrogens (tertiary/aromatic N) is 1. The maximum atomic E-state index is 11.7. The van der Waals surface area contributed by atoms with Crippen molar-refractivity contribution in [2.24, 2.45) is 5.73 Å². The van der Waals surface area contributed by atoms with Crippen LogP contribution < -0.4 is 11.1 Å². The molecule has 0 heterocycles. The summed E-state index contributed by atoms with van der Waals surface area (Å²) in [5.74, 6) is -0.498. The lowest BCUT2D eigenvalue weighted by atomic mass is 9.97. The van der Waals surface area contributed by atoms with E-state index in [0.717, 1.165) is 16.7 Å². The molecule has 0 aliphatic carbocycles. The zero-order valence-corrected chi connectivity index (χ0v) is 13.9. The van der Waals surface area contributed by atoms with Crippen LogP contribution in [-0.2, 0) is 6.54 Å². The number of hydrogen-bond acceptors (Lipinski definition) is 4. The molecule has 1 amide bonds. The molecule has 3 aromatic rings. The van der Waals surface area contributed by atoms with E-state index >= 15 is 0 Å². The fourth-order valence-corrected chi connectivity index (χ4v) is 2.75. The Morgan fingerprint density at radius 1 is 1.00 bits per heavy atom. The quantitative estimate of drug-likeness (QED) is 0.520. The first kappa shape index (κ1) is 17.2. The molecule has 0 aromatic heterocycles. The number of carbonyl (C=O) groups excluding carboxylic acids is 1. The summed E-state index contributed by atoms with van der Waals surface area (Å²) < 4.78 is 0. The molecular weight excluding hydrogens is 330 g/mol. The van der Waals surface area contributed by atoms with Gasteiger partial charge in [-0.05, 0) is 34.9 Å². The fraction of sp³-hybridized carbons (Fsp3) is 0.0500. The first-order valence-corrected chi connectivity index (χ1v) is 8.01. The smallest absolute Gasteiger partial charge is 0.292 e. The Morgan fingerprint density at radius 2 is 1.69 bits per heavy atom. The molecule has 0 saturated carbocycles. The Morgan fingerprint density at radius 3 is 2.38 bits per heavy atom. The monoisotopic (exact) mass is 347 g/mol. The Balaban J connectivity index is 1.90. The molecule has 0 unspecified atom stereocenters. The molecule has 3 rings (SSSR count). The molecule has 3 N–H and O–H groups in total. The average Bonchev–Trinajstić information content (AvgIpc) is 2.67. The topological polar surface area (TPSA) is 98.3 Å². The normalized spacial score (nSPS) is 10.3. The van der Waals surface area contributed by atoms with Crippen molar-refractivity contribution in [3.05, 3.63) is 94.0 Å². The second kappa shape index (κ2) is 7.48. The minimum absolute atomic E-state index is 0.0181. The molecule has 0 fully saturated rings. The standard InChI is InChI=1S/C20H17N3O3/c21-20(24)16-11-10-14(12-17(16)15-6-2-1-3-7-15)13-22-18-8-4-5-9-19(18)23(25)26/h1-12,22H,13H2,(H2,21,24). The average molecular weight is 347 g/mol. The molecule has 0 bridgehead atoms. The molecule has 0 aliphatic heterocycles. The van der Waals surface area contributed by atoms with Crippen LogP contribution in [0, 0.1) is 10.1 Å². The zero-order valence-electron chi connectivity index (χ0n) is 13.9. The second-order valence-electron chi connectivity index (χ2n) is 5.74. The van der Waals surface area contributed by atoms with Crippen molar-refractivity contribution >= 4 is 17.3 Å². The minimum atomic E-state index is -0.498. The number of nitrogens with two attached hydrogens (primary N) is 1. The van der Waals surface area contributed by atoms with Crippen LogP contribution in [0.2, 0.25) is 0 Å². The molecule has 130 valence electrons. The number of benzene rings is 3. The van der Waals surface area contributed by atoms with Crippen molar-refractivity contribution in [1.82, 2.24) is 0 Å². The largest absolute Gasteiger partial charge is 0.375 e. The molecular formula is C20H17N3O3. The summed E-state index contributed by atoms with van der Waals surface area (Å²) in [5.41, 5.74) is 8.89. The van der Waals surface area contributed by atoms with E-state index in [9.17, 15) is 14.9 Å². The van der Waals surface area contributed by atoms with Gasteiger partial charge in [-0.2, -0.15) is 0 Å². The van der Waals surface area contributed by atoms with Gasteiger partial charge in [0.2, 0.25) is 5.91 Å². The number of amides is 1. The lowest BCUT2D eigenvalue weighted by Crippen LogP contribution is -2.13. The Labute approximate surface area is 150 Å². The first-order chi connectivity index (χ1) is 12.6. The van der Waals surface area contributed by atoms with E-state index in [4.69, 9.17) is 5.73 Å². The van der Waals surface area contributed by atoms with Crippen LogP contribution >= 0.6 is 0 Å². The summed E-state index contributed by atoms with van der Waals surface area (Å²) in [6, 6.07) is 21.3. The van der Waals surface area contributed by atoms with Crippen molar-refractivity contribution in [2.75, 3.05) is 5.32 Å². The maximum Gasteiger partial charge on any atom is 0.292 e. The highest BCUT2D eigenvalue weighted by molar-refractivity contribution is 6.00. The van der Waals surface area contributed by atoms with Crippen LogP contribution in [0.4, 0.5) is 11.4 Å². The van der Waals surface area contributed by atoms with E-state index in [2.05, 4.69) is 5.32 Å². The van der Waals surface area contributed by atoms with Crippen LogP contribution in [0.3, 0.4) is 0 Å². The highest BCUT2D eigenvalue weighted by Gasteiger charge is 2.13. The van der Waals surface area contributed by atoms with E-state index in [1.807, 2.05) is 36.4 Å². The number of para-hydroxylation sites is 2. The van der Waals surface area contributed by atoms with Crippen LogP contribution in [0.15, 0.2) is 72.8 Å². The van der Waals surface area contributed by atoms with E-state index < -0.39 is 10.8 Å². The molecule has 26 heavy (non-hydrogen) atoms. The lowest BCUT2D eigenvalue weighted by Gasteiger charge is -2.12. The van der Waals surface area contributed by atoms with Gasteiger partial charge in [-0.1, -0.05) is 48.5 Å². The molecule has 3 aromatic carbocycles. The molecule has 0 saturated heterocycles. The third-order valence-electron chi connectivity index (χ3n) is 4.02. The van der Waals surface area contributed by atoms with Crippen molar-refractivity contribution in [3.8, 4) is 11.1 Å². The number of nitrogens with one attached hydrogen (secondary N) is 1. The number of primary amides is 1. The minimum Gasteiger partial charge on any atom is -0.375 e. The van der Waals surface area contributed by atoms with Gasteiger partial charge in [-0.15, -0.1) is 0 Å². The van der Waals surface area contributed by atoms with Gasteiger partial charge in [-0.25, -0.2) is 0 Å². The SMILES string of the molecule is NC(=O)c1ccc(CNc2ccccc2[N+](=O)[O-])cc1-c1ccccc1. The Kier molecular flexibility index (Phi) is 4.94. The predicted octanol–water partition coefficient (Wildman–Crippen LogP) is 3.97. The van der Waals surface area contributed by atoms with Crippen LogP contribution in [0.25, 0.3) is 11.1 Å². The summed E-state index contributed by atoms with van der Waals surface area (Å²) in [5, 5.41) is 14.2. The summed E-state index contributed by atoms with van der Waals surface area (Å²) in [6.07, 6.45) is 0. The van der Waals surface area contributed by atoms with Gasteiger partial charge >= 0.3 is 0 Å². The summed E-state index contributed by atoms with van der Waals surface area (Å²) >= 11 is 0. The van der Waals surface area contributed by atoms with E-state index in [1.165, 1.54) is 6.07 Å². The van der Waals surface area contributed by atoms with Gasteiger partial charge in [0.25, 0.3) is 5.69 Å². The van der Waals surface area contributed by atoms with E-state index in [-0.39, 0.29) is 5.69 Å². The Hall–Kier alpha value is -3.67. The molecule has 0 spiro atoms. The van der Waals surface area contributed by atoms with Crippen LogP contribution in [0.1, 0.15) is 15.9 Å². The van der Waals surface area contributed by atoms with Gasteiger partial charge in [0.15, 0.2) is 0 Å². The van der Waals surface area contributed by atoms with Gasteiger partial charge < -0.3 is 11.1 Å². The molecule has 0 radical (unpaired) electrons. The number of nitro groups is 1. The second-order valence-corrected chi connectivity index (χ2v) is 5.74. The highest BCUT2D eigenvalue weighted by atomic mass is 16.6. The van der Waals surface area contributed by atoms with Crippen molar-refractivity contribution in [1.29, 1.82) is 0 Å². The molecule has 0 atom stereocenters. The predicted molar refractivity (Wildman–Crippen MR) is 101 cm³/mol.